The first-order chi connectivity index (χ1) is 8.74. The van der Waals surface area contributed by atoms with Crippen LogP contribution in [0.3, 0.4) is 0 Å². The molecule has 0 aliphatic carbocycles. The molecule has 0 aromatic rings. The lowest BCUT2D eigenvalue weighted by Gasteiger charge is -2.29. The molecule has 1 N–H and O–H groups in total. The monoisotopic (exact) mass is 259 g/mol. The highest BCUT2D eigenvalue weighted by Gasteiger charge is 2.17. The van der Waals surface area contributed by atoms with Gasteiger partial charge in [0.1, 0.15) is 0 Å². The van der Waals surface area contributed by atoms with E-state index in [2.05, 4.69) is 5.32 Å². The number of hydrogen-bond donors (Lipinski definition) is 1. The Morgan fingerprint density at radius 3 is 2.67 bits per heavy atom. The zero-order valence-electron chi connectivity index (χ0n) is 11.5. The molecule has 6 nitrogen and oxygen atoms in total. The first kappa shape index (κ1) is 15.4. The van der Waals surface area contributed by atoms with Gasteiger partial charge in [0.05, 0.1) is 26.4 Å². The average Bonchev–Trinajstić information content (AvgIpc) is 2.39. The van der Waals surface area contributed by atoms with E-state index >= 15 is 0 Å². The van der Waals surface area contributed by atoms with Crippen LogP contribution in [-0.4, -0.2) is 89.0 Å². The average molecular weight is 259 g/mol. The van der Waals surface area contributed by atoms with Gasteiger partial charge in [-0.1, -0.05) is 0 Å². The van der Waals surface area contributed by atoms with Crippen molar-refractivity contribution in [2.24, 2.45) is 0 Å². The van der Waals surface area contributed by atoms with Gasteiger partial charge in [-0.2, -0.15) is 0 Å². The molecule has 1 aliphatic heterocycles. The molecule has 6 heteroatoms. The molecule has 1 fully saturated rings. The van der Waals surface area contributed by atoms with Crippen molar-refractivity contribution in [1.29, 1.82) is 0 Å². The molecule has 0 aromatic carbocycles. The Morgan fingerprint density at radius 2 is 2.00 bits per heavy atom. The van der Waals surface area contributed by atoms with E-state index in [9.17, 15) is 4.79 Å². The SMILES string of the molecule is COCCOCCN(C)CC(=O)N1CCNCC1. The van der Waals surface area contributed by atoms with E-state index in [4.69, 9.17) is 9.47 Å². The van der Waals surface area contributed by atoms with E-state index in [0.29, 0.717) is 26.4 Å². The minimum absolute atomic E-state index is 0.205. The number of methoxy groups -OCH3 is 1. The topological polar surface area (TPSA) is 54.0 Å². The van der Waals surface area contributed by atoms with E-state index < -0.39 is 0 Å². The number of rotatable bonds is 8. The van der Waals surface area contributed by atoms with E-state index in [1.54, 1.807) is 7.11 Å². The number of ether oxygens (including phenoxy) is 2. The van der Waals surface area contributed by atoms with Gasteiger partial charge in [-0.05, 0) is 7.05 Å². The lowest BCUT2D eigenvalue weighted by Crippen LogP contribution is -2.49. The summed E-state index contributed by atoms with van der Waals surface area (Å²) < 4.78 is 10.3. The van der Waals surface area contributed by atoms with Gasteiger partial charge >= 0.3 is 0 Å². The molecule has 0 radical (unpaired) electrons. The van der Waals surface area contributed by atoms with Crippen molar-refractivity contribution in [3.8, 4) is 0 Å². The molecule has 0 spiro atoms. The third kappa shape index (κ3) is 6.30. The first-order valence-corrected chi connectivity index (χ1v) is 6.47. The first-order valence-electron chi connectivity index (χ1n) is 6.47. The number of likely N-dealkylation sites (N-methyl/N-ethyl adjacent to an activating group) is 1. The predicted octanol–water partition coefficient (Wildman–Crippen LogP) is -0.987. The zero-order chi connectivity index (χ0) is 13.2. The van der Waals surface area contributed by atoms with Crippen molar-refractivity contribution < 1.29 is 14.3 Å². The van der Waals surface area contributed by atoms with E-state index in [0.717, 1.165) is 32.7 Å². The summed E-state index contributed by atoms with van der Waals surface area (Å²) in [6, 6.07) is 0. The van der Waals surface area contributed by atoms with Crippen LogP contribution >= 0.6 is 0 Å². The summed E-state index contributed by atoms with van der Waals surface area (Å²) in [4.78, 5) is 15.9. The van der Waals surface area contributed by atoms with Gasteiger partial charge in [0.25, 0.3) is 0 Å². The molecule has 1 saturated heterocycles. The Kier molecular flexibility index (Phi) is 7.91. The molecule has 18 heavy (non-hydrogen) atoms. The summed E-state index contributed by atoms with van der Waals surface area (Å²) in [7, 11) is 3.60. The van der Waals surface area contributed by atoms with Gasteiger partial charge in [0, 0.05) is 39.8 Å². The van der Waals surface area contributed by atoms with Crippen molar-refractivity contribution in [1.82, 2.24) is 15.1 Å². The van der Waals surface area contributed by atoms with Gasteiger partial charge in [0.2, 0.25) is 5.91 Å². The summed E-state index contributed by atoms with van der Waals surface area (Å²) in [5, 5.41) is 3.24. The zero-order valence-corrected chi connectivity index (χ0v) is 11.5. The summed E-state index contributed by atoms with van der Waals surface area (Å²) in [5.74, 6) is 0.205. The second-order valence-electron chi connectivity index (χ2n) is 4.47. The fourth-order valence-electron chi connectivity index (χ4n) is 1.79. The maximum absolute atomic E-state index is 11.9. The van der Waals surface area contributed by atoms with Crippen molar-refractivity contribution >= 4 is 5.91 Å². The van der Waals surface area contributed by atoms with Crippen molar-refractivity contribution in [3.05, 3.63) is 0 Å². The predicted molar refractivity (Wildman–Crippen MR) is 69.6 cm³/mol. The minimum Gasteiger partial charge on any atom is -0.382 e. The van der Waals surface area contributed by atoms with Crippen LogP contribution < -0.4 is 5.32 Å². The Morgan fingerprint density at radius 1 is 1.28 bits per heavy atom. The van der Waals surface area contributed by atoms with Crippen molar-refractivity contribution in [3.63, 3.8) is 0 Å². The molecule has 106 valence electrons. The summed E-state index contributed by atoms with van der Waals surface area (Å²) in [6.07, 6.45) is 0. The molecule has 1 amide bonds. The molecule has 0 saturated carbocycles. The molecule has 1 aliphatic rings. The van der Waals surface area contributed by atoms with Gasteiger partial charge in [-0.25, -0.2) is 0 Å². The van der Waals surface area contributed by atoms with E-state index in [1.165, 1.54) is 0 Å². The van der Waals surface area contributed by atoms with Crippen LogP contribution in [0.15, 0.2) is 0 Å². The molecular weight excluding hydrogens is 234 g/mol. The third-order valence-corrected chi connectivity index (χ3v) is 2.92. The van der Waals surface area contributed by atoms with Crippen LogP contribution in [0.1, 0.15) is 0 Å². The molecule has 0 bridgehead atoms. The lowest BCUT2D eigenvalue weighted by molar-refractivity contribution is -0.132. The lowest BCUT2D eigenvalue weighted by atomic mass is 10.3. The Labute approximate surface area is 109 Å². The number of hydrogen-bond acceptors (Lipinski definition) is 5. The van der Waals surface area contributed by atoms with E-state index in [-0.39, 0.29) is 5.91 Å². The molecule has 0 unspecified atom stereocenters. The van der Waals surface area contributed by atoms with Gasteiger partial charge < -0.3 is 19.7 Å². The highest BCUT2D eigenvalue weighted by molar-refractivity contribution is 5.78. The molecule has 0 aromatic heterocycles. The normalized spacial score (nSPS) is 16.3. The number of carbonyl (C=O) groups excluding carboxylic acids is 1. The molecule has 1 heterocycles. The minimum atomic E-state index is 0.205. The van der Waals surface area contributed by atoms with Crippen LogP contribution in [0, 0.1) is 0 Å². The quantitative estimate of drug-likeness (QED) is 0.568. The standard InChI is InChI=1S/C12H25N3O3/c1-14(7-8-18-10-9-17-2)11-12(16)15-5-3-13-4-6-15/h13H,3-11H2,1-2H3. The number of piperazine rings is 1. The van der Waals surface area contributed by atoms with Gasteiger partial charge in [-0.15, -0.1) is 0 Å². The van der Waals surface area contributed by atoms with Crippen LogP contribution in [-0.2, 0) is 14.3 Å². The largest absolute Gasteiger partial charge is 0.382 e. The molecule has 1 rings (SSSR count). The van der Waals surface area contributed by atoms with Gasteiger partial charge in [0.15, 0.2) is 0 Å². The van der Waals surface area contributed by atoms with Crippen LogP contribution in [0.4, 0.5) is 0 Å². The number of nitrogens with one attached hydrogen (secondary N) is 1. The number of nitrogens with zero attached hydrogens (tertiary/aromatic N) is 2. The molecular formula is C12H25N3O3. The number of amides is 1. The van der Waals surface area contributed by atoms with Crippen LogP contribution in [0.25, 0.3) is 0 Å². The van der Waals surface area contributed by atoms with Crippen molar-refractivity contribution in [2.45, 2.75) is 0 Å². The Balaban J connectivity index is 2.07. The summed E-state index contributed by atoms with van der Waals surface area (Å²) in [6.45, 7) is 6.52. The second-order valence-corrected chi connectivity index (χ2v) is 4.47. The maximum atomic E-state index is 11.9. The van der Waals surface area contributed by atoms with Crippen LogP contribution in [0.2, 0.25) is 0 Å². The molecule has 0 atom stereocenters. The highest BCUT2D eigenvalue weighted by atomic mass is 16.5. The smallest absolute Gasteiger partial charge is 0.236 e. The Bertz CT molecular complexity index is 233. The van der Waals surface area contributed by atoms with Crippen LogP contribution in [0.5, 0.6) is 0 Å². The second kappa shape index (κ2) is 9.27. The third-order valence-electron chi connectivity index (χ3n) is 2.92. The Hall–Kier alpha value is -0.690. The van der Waals surface area contributed by atoms with E-state index in [1.807, 2.05) is 16.8 Å². The maximum Gasteiger partial charge on any atom is 0.236 e. The fourth-order valence-corrected chi connectivity index (χ4v) is 1.79. The fraction of sp³-hybridized carbons (Fsp3) is 0.917. The summed E-state index contributed by atoms with van der Waals surface area (Å²) >= 11 is 0. The number of carbonyl (C=O) groups is 1. The van der Waals surface area contributed by atoms with Gasteiger partial charge in [-0.3, -0.25) is 9.69 Å². The van der Waals surface area contributed by atoms with Crippen molar-refractivity contribution in [2.75, 3.05) is 73.2 Å². The summed E-state index contributed by atoms with van der Waals surface area (Å²) in [5.41, 5.74) is 0. The highest BCUT2D eigenvalue weighted by Crippen LogP contribution is 1.95.